The zero-order valence-corrected chi connectivity index (χ0v) is 16.4. The van der Waals surface area contributed by atoms with Crippen molar-refractivity contribution in [3.63, 3.8) is 0 Å². The van der Waals surface area contributed by atoms with E-state index in [9.17, 15) is 4.79 Å². The van der Waals surface area contributed by atoms with E-state index < -0.39 is 0 Å². The third-order valence-electron chi connectivity index (χ3n) is 5.05. The Bertz CT molecular complexity index is 951. The molecule has 2 heterocycles. The van der Waals surface area contributed by atoms with E-state index in [1.807, 2.05) is 66.7 Å². The standard InChI is InChI=1S/C24H25N3O2/c28-24(22-18-19(14-15-25-22)27-16-8-1-2-9-17-27)26-21-12-6-7-13-23(21)29-20-10-4-3-5-11-20/h3-7,10-15,18H,1-2,8-9,16-17H2,(H,26,28). The van der Waals surface area contributed by atoms with Gasteiger partial charge in [0.2, 0.25) is 0 Å². The summed E-state index contributed by atoms with van der Waals surface area (Å²) < 4.78 is 5.94. The number of anilines is 2. The SMILES string of the molecule is O=C(Nc1ccccc1Oc1ccccc1)c1cc(N2CCCCCC2)ccn1. The zero-order valence-electron chi connectivity index (χ0n) is 16.4. The second kappa shape index (κ2) is 9.24. The Balaban J connectivity index is 1.50. The van der Waals surface area contributed by atoms with Gasteiger partial charge in [-0.25, -0.2) is 0 Å². The Morgan fingerprint density at radius 3 is 2.41 bits per heavy atom. The fourth-order valence-corrected chi connectivity index (χ4v) is 3.53. The molecule has 5 heteroatoms. The number of nitrogens with one attached hydrogen (secondary N) is 1. The number of amides is 1. The van der Waals surface area contributed by atoms with Gasteiger partial charge in [0.1, 0.15) is 11.4 Å². The van der Waals surface area contributed by atoms with E-state index in [4.69, 9.17) is 4.74 Å². The molecule has 29 heavy (non-hydrogen) atoms. The minimum absolute atomic E-state index is 0.245. The van der Waals surface area contributed by atoms with Gasteiger partial charge in [0.05, 0.1) is 5.69 Å². The molecule has 0 unspecified atom stereocenters. The summed E-state index contributed by atoms with van der Waals surface area (Å²) in [4.78, 5) is 19.5. The molecule has 0 bridgehead atoms. The highest BCUT2D eigenvalue weighted by Crippen LogP contribution is 2.29. The lowest BCUT2D eigenvalue weighted by molar-refractivity contribution is 0.102. The van der Waals surface area contributed by atoms with E-state index in [1.165, 1.54) is 25.7 Å². The van der Waals surface area contributed by atoms with Crippen LogP contribution in [-0.2, 0) is 0 Å². The van der Waals surface area contributed by atoms with Gasteiger partial charge in [-0.3, -0.25) is 9.78 Å². The molecule has 1 aromatic heterocycles. The number of ether oxygens (including phenoxy) is 1. The third kappa shape index (κ3) is 4.93. The van der Waals surface area contributed by atoms with Crippen LogP contribution in [0.15, 0.2) is 72.9 Å². The lowest BCUT2D eigenvalue weighted by Gasteiger charge is -2.22. The van der Waals surface area contributed by atoms with Crippen LogP contribution in [-0.4, -0.2) is 24.0 Å². The van der Waals surface area contributed by atoms with Crippen LogP contribution in [0.3, 0.4) is 0 Å². The number of pyridine rings is 1. The predicted molar refractivity (Wildman–Crippen MR) is 116 cm³/mol. The molecule has 1 N–H and O–H groups in total. The first-order valence-corrected chi connectivity index (χ1v) is 10.1. The number of hydrogen-bond acceptors (Lipinski definition) is 4. The number of carbonyl (C=O) groups is 1. The lowest BCUT2D eigenvalue weighted by atomic mass is 10.2. The Morgan fingerprint density at radius 1 is 0.897 bits per heavy atom. The van der Waals surface area contributed by atoms with Crippen molar-refractivity contribution in [1.29, 1.82) is 0 Å². The van der Waals surface area contributed by atoms with Gasteiger partial charge in [0.15, 0.2) is 5.75 Å². The van der Waals surface area contributed by atoms with Gasteiger partial charge >= 0.3 is 0 Å². The topological polar surface area (TPSA) is 54.5 Å². The summed E-state index contributed by atoms with van der Waals surface area (Å²) >= 11 is 0. The maximum Gasteiger partial charge on any atom is 0.274 e. The first kappa shape index (κ1) is 19.0. The number of para-hydroxylation sites is 3. The highest BCUT2D eigenvalue weighted by atomic mass is 16.5. The van der Waals surface area contributed by atoms with E-state index in [2.05, 4.69) is 15.2 Å². The Kier molecular flexibility index (Phi) is 6.05. The quantitative estimate of drug-likeness (QED) is 0.627. The van der Waals surface area contributed by atoms with Crippen LogP contribution in [0, 0.1) is 0 Å². The molecule has 5 nitrogen and oxygen atoms in total. The normalized spacial score (nSPS) is 14.1. The number of rotatable bonds is 5. The largest absolute Gasteiger partial charge is 0.455 e. The minimum atomic E-state index is -0.245. The van der Waals surface area contributed by atoms with Gasteiger partial charge in [0, 0.05) is 25.0 Å². The fourth-order valence-electron chi connectivity index (χ4n) is 3.53. The van der Waals surface area contributed by atoms with Crippen molar-refractivity contribution in [3.8, 4) is 11.5 Å². The summed E-state index contributed by atoms with van der Waals surface area (Å²) in [5.74, 6) is 1.07. The molecule has 0 saturated carbocycles. The van der Waals surface area contributed by atoms with Crippen LogP contribution in [0.4, 0.5) is 11.4 Å². The van der Waals surface area contributed by atoms with E-state index in [1.54, 1.807) is 6.20 Å². The number of nitrogens with zero attached hydrogens (tertiary/aromatic N) is 2. The molecule has 4 rings (SSSR count). The van der Waals surface area contributed by atoms with Crippen molar-refractivity contribution in [1.82, 2.24) is 4.98 Å². The molecule has 3 aromatic rings. The van der Waals surface area contributed by atoms with Crippen LogP contribution in [0.25, 0.3) is 0 Å². The highest BCUT2D eigenvalue weighted by Gasteiger charge is 2.15. The zero-order chi connectivity index (χ0) is 19.9. The van der Waals surface area contributed by atoms with E-state index in [0.29, 0.717) is 17.1 Å². The number of benzene rings is 2. The molecule has 2 aromatic carbocycles. The van der Waals surface area contributed by atoms with Crippen molar-refractivity contribution in [2.75, 3.05) is 23.3 Å². The molecule has 0 spiro atoms. The number of carbonyl (C=O) groups excluding carboxylic acids is 1. The van der Waals surface area contributed by atoms with Gasteiger partial charge in [-0.1, -0.05) is 43.2 Å². The molecule has 1 aliphatic heterocycles. The summed E-state index contributed by atoms with van der Waals surface area (Å²) in [6.07, 6.45) is 6.63. The van der Waals surface area contributed by atoms with E-state index in [0.717, 1.165) is 24.5 Å². The molecular weight excluding hydrogens is 362 g/mol. The van der Waals surface area contributed by atoms with Crippen LogP contribution in [0.1, 0.15) is 36.2 Å². The monoisotopic (exact) mass is 387 g/mol. The Morgan fingerprint density at radius 2 is 1.62 bits per heavy atom. The van der Waals surface area contributed by atoms with Crippen LogP contribution >= 0.6 is 0 Å². The second-order valence-electron chi connectivity index (χ2n) is 7.17. The van der Waals surface area contributed by atoms with Gasteiger partial charge in [-0.15, -0.1) is 0 Å². The third-order valence-corrected chi connectivity index (χ3v) is 5.05. The molecule has 0 radical (unpaired) electrons. The first-order chi connectivity index (χ1) is 14.3. The average molecular weight is 387 g/mol. The van der Waals surface area contributed by atoms with E-state index >= 15 is 0 Å². The van der Waals surface area contributed by atoms with Gasteiger partial charge in [0.25, 0.3) is 5.91 Å². The maximum absolute atomic E-state index is 12.9. The van der Waals surface area contributed by atoms with Gasteiger partial charge in [-0.2, -0.15) is 0 Å². The van der Waals surface area contributed by atoms with Crippen molar-refractivity contribution >= 4 is 17.3 Å². The minimum Gasteiger partial charge on any atom is -0.455 e. The van der Waals surface area contributed by atoms with Crippen molar-refractivity contribution in [2.45, 2.75) is 25.7 Å². The molecule has 0 atom stereocenters. The van der Waals surface area contributed by atoms with Crippen molar-refractivity contribution in [2.24, 2.45) is 0 Å². The number of aromatic nitrogens is 1. The van der Waals surface area contributed by atoms with Gasteiger partial charge in [-0.05, 0) is 49.2 Å². The molecule has 1 aliphatic rings. The first-order valence-electron chi connectivity index (χ1n) is 10.1. The van der Waals surface area contributed by atoms with Crippen LogP contribution < -0.4 is 15.0 Å². The maximum atomic E-state index is 12.9. The Hall–Kier alpha value is -3.34. The summed E-state index contributed by atoms with van der Waals surface area (Å²) in [6.45, 7) is 2.05. The summed E-state index contributed by atoms with van der Waals surface area (Å²) in [6, 6.07) is 20.8. The lowest BCUT2D eigenvalue weighted by Crippen LogP contribution is -2.24. The Labute approximate surface area is 171 Å². The van der Waals surface area contributed by atoms with Gasteiger partial charge < -0.3 is 15.0 Å². The van der Waals surface area contributed by atoms with Crippen LogP contribution in [0.2, 0.25) is 0 Å². The summed E-state index contributed by atoms with van der Waals surface area (Å²) in [5.41, 5.74) is 2.07. The van der Waals surface area contributed by atoms with E-state index in [-0.39, 0.29) is 5.91 Å². The molecular formula is C24H25N3O2. The predicted octanol–water partition coefficient (Wildman–Crippen LogP) is 5.51. The van der Waals surface area contributed by atoms with Crippen molar-refractivity contribution < 1.29 is 9.53 Å². The van der Waals surface area contributed by atoms with Crippen molar-refractivity contribution in [3.05, 3.63) is 78.6 Å². The van der Waals surface area contributed by atoms with Crippen LogP contribution in [0.5, 0.6) is 11.5 Å². The highest BCUT2D eigenvalue weighted by molar-refractivity contribution is 6.04. The number of hydrogen-bond donors (Lipinski definition) is 1. The molecule has 1 saturated heterocycles. The summed E-state index contributed by atoms with van der Waals surface area (Å²) in [7, 11) is 0. The fraction of sp³-hybridized carbons (Fsp3) is 0.250. The molecule has 148 valence electrons. The molecule has 0 aliphatic carbocycles. The summed E-state index contributed by atoms with van der Waals surface area (Å²) in [5, 5.41) is 2.94. The molecule has 1 fully saturated rings. The second-order valence-corrected chi connectivity index (χ2v) is 7.17. The average Bonchev–Trinajstić information content (AvgIpc) is 3.06. The molecule has 1 amide bonds. The smallest absolute Gasteiger partial charge is 0.274 e.